The second-order valence-corrected chi connectivity index (χ2v) is 6.64. The topological polar surface area (TPSA) is 29.5 Å². The van der Waals surface area contributed by atoms with Crippen molar-refractivity contribution in [2.75, 3.05) is 19.7 Å². The Morgan fingerprint density at radius 2 is 1.83 bits per heavy atom. The number of rotatable bonds is 8. The maximum absolute atomic E-state index is 12.7. The summed E-state index contributed by atoms with van der Waals surface area (Å²) in [4.78, 5) is 14.6. The van der Waals surface area contributed by atoms with Crippen LogP contribution in [0.5, 0.6) is 5.75 Å². The summed E-state index contributed by atoms with van der Waals surface area (Å²) in [7, 11) is 0. The molecule has 0 saturated heterocycles. The third-order valence-corrected chi connectivity index (χ3v) is 4.57. The standard InChI is InChI=1S/C20H31NO2/c1-3-13-21(14-4-2)20(22)18-11-8-12-19(15-18)23-16-17-9-6-5-7-10-17/h8,11-12,15,17H,3-7,9-10,13-14,16H2,1-2H3. The summed E-state index contributed by atoms with van der Waals surface area (Å²) < 4.78 is 5.97. The molecule has 0 aliphatic heterocycles. The van der Waals surface area contributed by atoms with Crippen LogP contribution in [0.15, 0.2) is 24.3 Å². The molecule has 1 saturated carbocycles. The Labute approximate surface area is 141 Å². The lowest BCUT2D eigenvalue weighted by molar-refractivity contribution is 0.0755. The summed E-state index contributed by atoms with van der Waals surface area (Å²) in [6.45, 7) is 6.64. The Morgan fingerprint density at radius 1 is 1.13 bits per heavy atom. The van der Waals surface area contributed by atoms with Crippen LogP contribution in [0.3, 0.4) is 0 Å². The molecule has 0 spiro atoms. The van der Waals surface area contributed by atoms with Gasteiger partial charge in [0.05, 0.1) is 6.61 Å². The average Bonchev–Trinajstić information content (AvgIpc) is 2.60. The molecule has 0 unspecified atom stereocenters. The lowest BCUT2D eigenvalue weighted by Gasteiger charge is -2.23. The van der Waals surface area contributed by atoms with Crippen LogP contribution in [0.1, 0.15) is 69.2 Å². The maximum Gasteiger partial charge on any atom is 0.253 e. The van der Waals surface area contributed by atoms with Gasteiger partial charge in [-0.15, -0.1) is 0 Å². The van der Waals surface area contributed by atoms with Crippen molar-refractivity contribution in [1.82, 2.24) is 4.90 Å². The quantitative estimate of drug-likeness (QED) is 0.682. The molecule has 0 N–H and O–H groups in total. The lowest BCUT2D eigenvalue weighted by Crippen LogP contribution is -2.32. The summed E-state index contributed by atoms with van der Waals surface area (Å²) in [5.41, 5.74) is 0.744. The summed E-state index contributed by atoms with van der Waals surface area (Å²) in [6.07, 6.45) is 8.56. The van der Waals surface area contributed by atoms with Gasteiger partial charge < -0.3 is 9.64 Å². The highest BCUT2D eigenvalue weighted by Gasteiger charge is 2.16. The van der Waals surface area contributed by atoms with Crippen molar-refractivity contribution in [3.05, 3.63) is 29.8 Å². The van der Waals surface area contributed by atoms with Crippen LogP contribution in [0, 0.1) is 5.92 Å². The molecule has 23 heavy (non-hydrogen) atoms. The number of amides is 1. The van der Waals surface area contributed by atoms with Gasteiger partial charge in [-0.3, -0.25) is 4.79 Å². The first-order valence-electron chi connectivity index (χ1n) is 9.26. The van der Waals surface area contributed by atoms with E-state index in [2.05, 4.69) is 13.8 Å². The minimum Gasteiger partial charge on any atom is -0.493 e. The minimum atomic E-state index is 0.122. The number of benzene rings is 1. The van der Waals surface area contributed by atoms with E-state index in [9.17, 15) is 4.79 Å². The van der Waals surface area contributed by atoms with Gasteiger partial charge in [0.25, 0.3) is 5.91 Å². The second kappa shape index (κ2) is 9.59. The van der Waals surface area contributed by atoms with Gasteiger partial charge in [-0.05, 0) is 49.8 Å². The Hall–Kier alpha value is -1.51. The molecule has 0 bridgehead atoms. The van der Waals surface area contributed by atoms with E-state index in [1.165, 1.54) is 32.1 Å². The molecule has 128 valence electrons. The van der Waals surface area contributed by atoms with Crippen LogP contribution in [0.2, 0.25) is 0 Å². The summed E-state index contributed by atoms with van der Waals surface area (Å²) >= 11 is 0. The monoisotopic (exact) mass is 317 g/mol. The third kappa shape index (κ3) is 5.56. The van der Waals surface area contributed by atoms with Crippen LogP contribution in [-0.2, 0) is 0 Å². The van der Waals surface area contributed by atoms with Crippen molar-refractivity contribution in [3.8, 4) is 5.75 Å². The van der Waals surface area contributed by atoms with Gasteiger partial charge >= 0.3 is 0 Å². The predicted octanol–water partition coefficient (Wildman–Crippen LogP) is 4.91. The Bertz CT molecular complexity index is 474. The van der Waals surface area contributed by atoms with Gasteiger partial charge in [0.15, 0.2) is 0 Å². The smallest absolute Gasteiger partial charge is 0.253 e. The molecule has 0 heterocycles. The van der Waals surface area contributed by atoms with Crippen molar-refractivity contribution in [1.29, 1.82) is 0 Å². The van der Waals surface area contributed by atoms with Crippen molar-refractivity contribution >= 4 is 5.91 Å². The van der Waals surface area contributed by atoms with Gasteiger partial charge in [-0.2, -0.15) is 0 Å². The zero-order chi connectivity index (χ0) is 16.5. The number of carbonyl (C=O) groups is 1. The van der Waals surface area contributed by atoms with Gasteiger partial charge in [0, 0.05) is 18.7 Å². The number of hydrogen-bond acceptors (Lipinski definition) is 2. The normalized spacial score (nSPS) is 15.4. The minimum absolute atomic E-state index is 0.122. The van der Waals surface area contributed by atoms with Crippen molar-refractivity contribution in [2.45, 2.75) is 58.8 Å². The van der Waals surface area contributed by atoms with E-state index in [-0.39, 0.29) is 5.91 Å². The van der Waals surface area contributed by atoms with E-state index in [4.69, 9.17) is 4.74 Å². The fourth-order valence-electron chi connectivity index (χ4n) is 3.32. The fraction of sp³-hybridized carbons (Fsp3) is 0.650. The molecule has 3 heteroatoms. The molecule has 1 aromatic carbocycles. The van der Waals surface area contributed by atoms with Crippen LogP contribution in [0.4, 0.5) is 0 Å². The Morgan fingerprint density at radius 3 is 2.48 bits per heavy atom. The van der Waals surface area contributed by atoms with Crippen LogP contribution in [-0.4, -0.2) is 30.5 Å². The van der Waals surface area contributed by atoms with Gasteiger partial charge in [-0.1, -0.05) is 39.2 Å². The zero-order valence-corrected chi connectivity index (χ0v) is 14.7. The van der Waals surface area contributed by atoms with E-state index >= 15 is 0 Å². The highest BCUT2D eigenvalue weighted by atomic mass is 16.5. The lowest BCUT2D eigenvalue weighted by atomic mass is 9.90. The summed E-state index contributed by atoms with van der Waals surface area (Å²) in [5, 5.41) is 0. The molecule has 3 nitrogen and oxygen atoms in total. The average molecular weight is 317 g/mol. The third-order valence-electron chi connectivity index (χ3n) is 4.57. The molecular formula is C20H31NO2. The molecule has 1 aliphatic carbocycles. The molecule has 1 aliphatic rings. The number of hydrogen-bond donors (Lipinski definition) is 0. The van der Waals surface area contributed by atoms with E-state index in [0.29, 0.717) is 5.92 Å². The maximum atomic E-state index is 12.7. The largest absolute Gasteiger partial charge is 0.493 e. The number of nitrogens with zero attached hydrogens (tertiary/aromatic N) is 1. The Kier molecular flexibility index (Phi) is 7.44. The van der Waals surface area contributed by atoms with E-state index in [0.717, 1.165) is 43.9 Å². The molecule has 0 radical (unpaired) electrons. The van der Waals surface area contributed by atoms with Gasteiger partial charge in [0.1, 0.15) is 5.75 Å². The van der Waals surface area contributed by atoms with E-state index in [1.807, 2.05) is 29.2 Å². The van der Waals surface area contributed by atoms with Gasteiger partial charge in [0.2, 0.25) is 0 Å². The molecule has 1 fully saturated rings. The number of ether oxygens (including phenoxy) is 1. The summed E-state index contributed by atoms with van der Waals surface area (Å²) in [6, 6.07) is 7.70. The molecule has 0 aromatic heterocycles. The van der Waals surface area contributed by atoms with Crippen LogP contribution in [0.25, 0.3) is 0 Å². The van der Waals surface area contributed by atoms with E-state index < -0.39 is 0 Å². The highest BCUT2D eigenvalue weighted by Crippen LogP contribution is 2.25. The van der Waals surface area contributed by atoms with Crippen molar-refractivity contribution < 1.29 is 9.53 Å². The molecule has 2 rings (SSSR count). The fourth-order valence-corrected chi connectivity index (χ4v) is 3.32. The number of carbonyl (C=O) groups excluding carboxylic acids is 1. The highest BCUT2D eigenvalue weighted by molar-refractivity contribution is 5.94. The Balaban J connectivity index is 1.95. The summed E-state index contributed by atoms with van der Waals surface area (Å²) in [5.74, 6) is 1.63. The first-order chi connectivity index (χ1) is 11.2. The molecule has 1 amide bonds. The first kappa shape index (κ1) is 17.8. The second-order valence-electron chi connectivity index (χ2n) is 6.64. The molecule has 0 atom stereocenters. The first-order valence-corrected chi connectivity index (χ1v) is 9.26. The molecular weight excluding hydrogens is 286 g/mol. The zero-order valence-electron chi connectivity index (χ0n) is 14.7. The van der Waals surface area contributed by atoms with Crippen molar-refractivity contribution in [2.24, 2.45) is 5.92 Å². The predicted molar refractivity (Wildman–Crippen MR) is 95.0 cm³/mol. The van der Waals surface area contributed by atoms with E-state index in [1.54, 1.807) is 0 Å². The van der Waals surface area contributed by atoms with Crippen molar-refractivity contribution in [3.63, 3.8) is 0 Å². The van der Waals surface area contributed by atoms with Gasteiger partial charge in [-0.25, -0.2) is 0 Å². The SMILES string of the molecule is CCCN(CCC)C(=O)c1cccc(OCC2CCCCC2)c1. The molecule has 1 aromatic rings. The van der Waals surface area contributed by atoms with Crippen LogP contribution >= 0.6 is 0 Å². The van der Waals surface area contributed by atoms with Crippen LogP contribution < -0.4 is 4.74 Å².